The van der Waals surface area contributed by atoms with Crippen LogP contribution in [-0.4, -0.2) is 18.3 Å². The number of hydrogen-bond donors (Lipinski definition) is 1. The molecule has 0 atom stereocenters. The molecule has 1 N–H and O–H groups in total. The molecule has 0 amide bonds. The van der Waals surface area contributed by atoms with Crippen molar-refractivity contribution in [1.29, 1.82) is 0 Å². The number of rotatable bonds is 4. The van der Waals surface area contributed by atoms with Crippen LogP contribution >= 0.6 is 22.6 Å². The Bertz CT molecular complexity index is 729. The molecule has 0 saturated carbocycles. The van der Waals surface area contributed by atoms with E-state index in [1.807, 2.05) is 0 Å². The molecule has 0 aliphatic rings. The van der Waals surface area contributed by atoms with Gasteiger partial charge in [-0.25, -0.2) is 8.42 Å². The average molecular weight is 405 g/mol. The maximum absolute atomic E-state index is 12.0. The van der Waals surface area contributed by atoms with E-state index in [4.69, 9.17) is 0 Å². The lowest BCUT2D eigenvalue weighted by atomic mass is 10.3. The molecule has 7 nitrogen and oxygen atoms in total. The largest absolute Gasteiger partial charge is 0.363 e. The molecule has 0 radical (unpaired) electrons. The van der Waals surface area contributed by atoms with Crippen molar-refractivity contribution in [2.75, 3.05) is 4.72 Å². The molecule has 0 unspecified atom stereocenters. The van der Waals surface area contributed by atoms with Crippen molar-refractivity contribution in [1.82, 2.24) is 4.98 Å². The van der Waals surface area contributed by atoms with Crippen LogP contribution < -0.4 is 4.72 Å². The zero-order valence-corrected chi connectivity index (χ0v) is 12.8. The number of nitrogens with one attached hydrogen (secondary N) is 1. The van der Waals surface area contributed by atoms with Crippen molar-refractivity contribution in [3.63, 3.8) is 0 Å². The van der Waals surface area contributed by atoms with Crippen LogP contribution in [0.4, 0.5) is 11.5 Å². The van der Waals surface area contributed by atoms with E-state index < -0.39 is 20.8 Å². The van der Waals surface area contributed by atoms with Gasteiger partial charge in [-0.2, -0.15) is 0 Å². The van der Waals surface area contributed by atoms with Crippen LogP contribution in [0.1, 0.15) is 0 Å². The molecular formula is C11H8IN3O4S. The average Bonchev–Trinajstić information content (AvgIpc) is 2.41. The molecule has 0 aliphatic heterocycles. The van der Waals surface area contributed by atoms with Crippen LogP contribution in [0.15, 0.2) is 47.5 Å². The van der Waals surface area contributed by atoms with Crippen molar-refractivity contribution >= 4 is 44.1 Å². The van der Waals surface area contributed by atoms with Gasteiger partial charge in [-0.05, 0) is 62.8 Å². The van der Waals surface area contributed by atoms with Gasteiger partial charge in [0.1, 0.15) is 4.90 Å². The summed E-state index contributed by atoms with van der Waals surface area (Å²) in [6, 6.07) is 8.94. The van der Waals surface area contributed by atoms with E-state index in [0.29, 0.717) is 5.69 Å². The highest BCUT2D eigenvalue weighted by atomic mass is 127. The summed E-state index contributed by atoms with van der Waals surface area (Å²) in [5.74, 6) is -0.404. The van der Waals surface area contributed by atoms with Crippen LogP contribution in [0, 0.1) is 13.7 Å². The number of hydrogen-bond acceptors (Lipinski definition) is 5. The summed E-state index contributed by atoms with van der Waals surface area (Å²) in [7, 11) is -3.81. The maximum atomic E-state index is 12.0. The van der Waals surface area contributed by atoms with Gasteiger partial charge in [-0.1, -0.05) is 0 Å². The number of benzene rings is 1. The molecule has 1 aromatic heterocycles. The summed E-state index contributed by atoms with van der Waals surface area (Å²) in [4.78, 5) is 13.1. The topological polar surface area (TPSA) is 102 Å². The molecule has 1 heterocycles. The first-order valence-electron chi connectivity index (χ1n) is 5.27. The molecule has 104 valence electrons. The van der Waals surface area contributed by atoms with Gasteiger partial charge in [0.05, 0.1) is 0 Å². The molecule has 0 spiro atoms. The minimum atomic E-state index is -3.81. The standard InChI is InChI=1S/C11H8IN3O4S/c12-8-1-3-9(4-2-8)14-20(18,19)10-5-6-11(13-7-10)15(16)17/h1-7,14H. The first-order valence-corrected chi connectivity index (χ1v) is 7.83. The van der Waals surface area contributed by atoms with E-state index in [9.17, 15) is 18.5 Å². The Morgan fingerprint density at radius 2 is 1.80 bits per heavy atom. The monoisotopic (exact) mass is 405 g/mol. The second-order valence-corrected chi connectivity index (χ2v) is 6.65. The molecular weight excluding hydrogens is 397 g/mol. The normalized spacial score (nSPS) is 11.1. The van der Waals surface area contributed by atoms with Gasteiger partial charge in [-0.3, -0.25) is 4.72 Å². The number of aromatic nitrogens is 1. The third-order valence-corrected chi connectivity index (χ3v) is 4.40. The Balaban J connectivity index is 2.26. The number of pyridine rings is 1. The molecule has 2 rings (SSSR count). The summed E-state index contributed by atoms with van der Waals surface area (Å²) < 4.78 is 27.4. The lowest BCUT2D eigenvalue weighted by molar-refractivity contribution is -0.389. The quantitative estimate of drug-likeness (QED) is 0.478. The number of anilines is 1. The predicted molar refractivity (Wildman–Crippen MR) is 80.9 cm³/mol. The molecule has 9 heteroatoms. The first kappa shape index (κ1) is 14.7. The van der Waals surface area contributed by atoms with Crippen LogP contribution in [0.2, 0.25) is 0 Å². The molecule has 1 aromatic carbocycles. The molecule has 2 aromatic rings. The Morgan fingerprint density at radius 3 is 2.30 bits per heavy atom. The summed E-state index contributed by atoms with van der Waals surface area (Å²) in [6.45, 7) is 0. The summed E-state index contributed by atoms with van der Waals surface area (Å²) >= 11 is 2.10. The van der Waals surface area contributed by atoms with E-state index in [1.165, 1.54) is 0 Å². The Kier molecular flexibility index (Phi) is 4.18. The first-order chi connectivity index (χ1) is 9.38. The van der Waals surface area contributed by atoms with E-state index in [-0.39, 0.29) is 4.90 Å². The third kappa shape index (κ3) is 3.42. The van der Waals surface area contributed by atoms with Crippen molar-refractivity contribution < 1.29 is 13.3 Å². The van der Waals surface area contributed by atoms with Crippen molar-refractivity contribution in [3.8, 4) is 0 Å². The van der Waals surface area contributed by atoms with Crippen molar-refractivity contribution in [2.45, 2.75) is 4.90 Å². The number of nitrogens with zero attached hydrogens (tertiary/aromatic N) is 2. The van der Waals surface area contributed by atoms with Crippen LogP contribution in [0.3, 0.4) is 0 Å². The van der Waals surface area contributed by atoms with Gasteiger partial charge in [-0.15, -0.1) is 0 Å². The van der Waals surface area contributed by atoms with Gasteiger partial charge >= 0.3 is 5.82 Å². The van der Waals surface area contributed by atoms with Gasteiger partial charge < -0.3 is 10.1 Å². The summed E-state index contributed by atoms with van der Waals surface area (Å²) in [6.07, 6.45) is 0.952. The molecule has 20 heavy (non-hydrogen) atoms. The van der Waals surface area contributed by atoms with Gasteiger partial charge in [0.15, 0.2) is 6.20 Å². The van der Waals surface area contributed by atoms with Gasteiger partial charge in [0.25, 0.3) is 10.0 Å². The van der Waals surface area contributed by atoms with E-state index in [2.05, 4.69) is 32.3 Å². The predicted octanol–water partition coefficient (Wildman–Crippen LogP) is 2.40. The fourth-order valence-electron chi connectivity index (χ4n) is 1.37. The molecule has 0 fully saturated rings. The SMILES string of the molecule is O=[N+]([O-])c1ccc(S(=O)(=O)Nc2ccc(I)cc2)cn1. The second-order valence-electron chi connectivity index (χ2n) is 3.72. The fraction of sp³-hybridized carbons (Fsp3) is 0. The Morgan fingerprint density at radius 1 is 1.15 bits per heavy atom. The minimum absolute atomic E-state index is 0.137. The van der Waals surface area contributed by atoms with E-state index in [1.54, 1.807) is 24.3 Å². The van der Waals surface area contributed by atoms with E-state index in [0.717, 1.165) is 21.9 Å². The summed E-state index contributed by atoms with van der Waals surface area (Å²) in [5.41, 5.74) is 0.406. The van der Waals surface area contributed by atoms with Crippen molar-refractivity contribution in [3.05, 3.63) is 56.3 Å². The maximum Gasteiger partial charge on any atom is 0.363 e. The zero-order chi connectivity index (χ0) is 14.8. The highest BCUT2D eigenvalue weighted by Crippen LogP contribution is 2.18. The zero-order valence-electron chi connectivity index (χ0n) is 9.86. The van der Waals surface area contributed by atoms with Crippen LogP contribution in [0.25, 0.3) is 0 Å². The second kappa shape index (κ2) is 5.71. The Labute approximate surface area is 128 Å². The molecule has 0 aliphatic carbocycles. The van der Waals surface area contributed by atoms with Crippen LogP contribution in [0.5, 0.6) is 0 Å². The number of sulfonamides is 1. The third-order valence-electron chi connectivity index (χ3n) is 2.31. The lowest BCUT2D eigenvalue weighted by Gasteiger charge is -2.06. The summed E-state index contributed by atoms with van der Waals surface area (Å²) in [5, 5.41) is 10.5. The van der Waals surface area contributed by atoms with Crippen molar-refractivity contribution in [2.24, 2.45) is 0 Å². The highest BCUT2D eigenvalue weighted by Gasteiger charge is 2.18. The number of nitro groups is 1. The molecule has 0 bridgehead atoms. The smallest absolute Gasteiger partial charge is 0.358 e. The van der Waals surface area contributed by atoms with Gasteiger partial charge in [0, 0.05) is 15.3 Å². The fourth-order valence-corrected chi connectivity index (χ4v) is 2.73. The Hall–Kier alpha value is -1.75. The lowest BCUT2D eigenvalue weighted by Crippen LogP contribution is -2.13. The molecule has 0 saturated heterocycles. The van der Waals surface area contributed by atoms with Crippen LogP contribution in [-0.2, 0) is 10.0 Å². The minimum Gasteiger partial charge on any atom is -0.358 e. The van der Waals surface area contributed by atoms with Gasteiger partial charge in [0.2, 0.25) is 0 Å². The van der Waals surface area contributed by atoms with E-state index >= 15 is 0 Å². The highest BCUT2D eigenvalue weighted by molar-refractivity contribution is 14.1. The number of halogens is 1.